The van der Waals surface area contributed by atoms with Crippen molar-refractivity contribution in [2.75, 3.05) is 11.9 Å². The average molecular weight is 314 g/mol. The van der Waals surface area contributed by atoms with E-state index in [9.17, 15) is 0 Å². The van der Waals surface area contributed by atoms with Gasteiger partial charge in [0, 0.05) is 23.1 Å². The van der Waals surface area contributed by atoms with Gasteiger partial charge in [-0.2, -0.15) is 0 Å². The van der Waals surface area contributed by atoms with E-state index in [-0.39, 0.29) is 0 Å². The van der Waals surface area contributed by atoms with Gasteiger partial charge in [0.2, 0.25) is 0 Å². The maximum Gasteiger partial charge on any atom is 0.0670 e. The number of halogens is 2. The van der Waals surface area contributed by atoms with Crippen LogP contribution in [0.3, 0.4) is 0 Å². The van der Waals surface area contributed by atoms with Crippen molar-refractivity contribution in [2.24, 2.45) is 5.41 Å². The highest BCUT2D eigenvalue weighted by atomic mass is 35.5. The lowest BCUT2D eigenvalue weighted by Gasteiger charge is -2.54. The van der Waals surface area contributed by atoms with Gasteiger partial charge in [0.15, 0.2) is 0 Å². The molecule has 1 spiro atoms. The standard InChI is InChI=1S/C16H21Cl2NO/c1-2-20-15-10-14(16(15)7-3-4-8-16)19-13-6-5-11(17)9-12(13)18/h5-6,9,14-15,19H,2-4,7-8,10H2,1H3. The van der Waals surface area contributed by atoms with E-state index in [2.05, 4.69) is 12.2 Å². The van der Waals surface area contributed by atoms with E-state index in [0.29, 0.717) is 27.6 Å². The van der Waals surface area contributed by atoms with Crippen LogP contribution >= 0.6 is 23.2 Å². The number of anilines is 1. The SMILES string of the molecule is CCOC1CC(Nc2ccc(Cl)cc2Cl)C12CCCC2. The second-order valence-electron chi connectivity index (χ2n) is 5.94. The minimum absolute atomic E-state index is 0.318. The van der Waals surface area contributed by atoms with Gasteiger partial charge in [-0.3, -0.25) is 0 Å². The molecular weight excluding hydrogens is 293 g/mol. The van der Waals surface area contributed by atoms with Gasteiger partial charge in [-0.15, -0.1) is 0 Å². The Bertz CT molecular complexity index is 485. The number of hydrogen-bond donors (Lipinski definition) is 1. The maximum atomic E-state index is 6.27. The fraction of sp³-hybridized carbons (Fsp3) is 0.625. The van der Waals surface area contributed by atoms with Gasteiger partial charge in [-0.1, -0.05) is 36.0 Å². The number of ether oxygens (including phenoxy) is 1. The Hall–Kier alpha value is -0.440. The van der Waals surface area contributed by atoms with E-state index in [1.807, 2.05) is 12.1 Å². The third-order valence-corrected chi connectivity index (χ3v) is 5.50. The van der Waals surface area contributed by atoms with Crippen LogP contribution in [0.5, 0.6) is 0 Å². The van der Waals surface area contributed by atoms with Gasteiger partial charge >= 0.3 is 0 Å². The zero-order valence-electron chi connectivity index (χ0n) is 11.8. The molecule has 2 fully saturated rings. The molecule has 0 amide bonds. The van der Waals surface area contributed by atoms with Crippen molar-refractivity contribution >= 4 is 28.9 Å². The highest BCUT2D eigenvalue weighted by Gasteiger charge is 2.56. The summed E-state index contributed by atoms with van der Waals surface area (Å²) in [4.78, 5) is 0. The zero-order chi connectivity index (χ0) is 14.2. The lowest BCUT2D eigenvalue weighted by atomic mass is 9.60. The third kappa shape index (κ3) is 2.43. The molecule has 2 aliphatic rings. The molecule has 2 saturated carbocycles. The average Bonchev–Trinajstić information content (AvgIpc) is 2.92. The van der Waals surface area contributed by atoms with Crippen molar-refractivity contribution in [3.05, 3.63) is 28.2 Å². The molecule has 3 rings (SSSR count). The van der Waals surface area contributed by atoms with Crippen LogP contribution in [-0.4, -0.2) is 18.8 Å². The Morgan fingerprint density at radius 3 is 2.70 bits per heavy atom. The van der Waals surface area contributed by atoms with Gasteiger partial charge in [0.05, 0.1) is 16.8 Å². The number of hydrogen-bond acceptors (Lipinski definition) is 2. The molecule has 2 unspecified atom stereocenters. The molecule has 0 aromatic heterocycles. The molecule has 110 valence electrons. The fourth-order valence-corrected chi connectivity index (χ4v) is 4.35. The van der Waals surface area contributed by atoms with E-state index < -0.39 is 0 Å². The predicted octanol–water partition coefficient (Wildman–Crippen LogP) is 5.14. The van der Waals surface area contributed by atoms with Crippen molar-refractivity contribution in [2.45, 2.75) is 51.2 Å². The fourth-order valence-electron chi connectivity index (χ4n) is 3.88. The molecule has 1 aromatic carbocycles. The molecule has 20 heavy (non-hydrogen) atoms. The summed E-state index contributed by atoms with van der Waals surface area (Å²) in [7, 11) is 0. The van der Waals surface area contributed by atoms with E-state index in [1.54, 1.807) is 6.07 Å². The van der Waals surface area contributed by atoms with Crippen molar-refractivity contribution in [1.82, 2.24) is 0 Å². The van der Waals surface area contributed by atoms with Crippen molar-refractivity contribution in [3.63, 3.8) is 0 Å². The lowest BCUT2D eigenvalue weighted by molar-refractivity contribution is -0.114. The molecule has 2 atom stereocenters. The van der Waals surface area contributed by atoms with E-state index >= 15 is 0 Å². The molecule has 0 aliphatic heterocycles. The van der Waals surface area contributed by atoms with Crippen molar-refractivity contribution < 1.29 is 4.74 Å². The first-order valence-corrected chi connectivity index (χ1v) is 8.24. The second kappa shape index (κ2) is 5.75. The molecule has 4 heteroatoms. The monoisotopic (exact) mass is 313 g/mol. The van der Waals surface area contributed by atoms with Crippen LogP contribution in [0.25, 0.3) is 0 Å². The topological polar surface area (TPSA) is 21.3 Å². The smallest absolute Gasteiger partial charge is 0.0670 e. The summed E-state index contributed by atoms with van der Waals surface area (Å²) in [6, 6.07) is 6.13. The highest BCUT2D eigenvalue weighted by Crippen LogP contribution is 2.55. The first-order chi connectivity index (χ1) is 9.65. The van der Waals surface area contributed by atoms with Gasteiger partial charge in [-0.25, -0.2) is 0 Å². The first kappa shape index (κ1) is 14.5. The number of nitrogens with one attached hydrogen (secondary N) is 1. The van der Waals surface area contributed by atoms with E-state index in [1.165, 1.54) is 25.7 Å². The van der Waals surface area contributed by atoms with Crippen molar-refractivity contribution in [3.8, 4) is 0 Å². The summed E-state index contributed by atoms with van der Waals surface area (Å²) in [5.74, 6) is 0. The summed E-state index contributed by atoms with van der Waals surface area (Å²) in [5, 5.41) is 5.00. The summed E-state index contributed by atoms with van der Waals surface area (Å²) in [5.41, 5.74) is 1.31. The van der Waals surface area contributed by atoms with Crippen LogP contribution in [0.4, 0.5) is 5.69 Å². The van der Waals surface area contributed by atoms with Gasteiger partial charge in [-0.05, 0) is 44.4 Å². The molecule has 2 nitrogen and oxygen atoms in total. The Morgan fingerprint density at radius 1 is 1.30 bits per heavy atom. The summed E-state index contributed by atoms with van der Waals surface area (Å²) in [6.45, 7) is 2.89. The summed E-state index contributed by atoms with van der Waals surface area (Å²) in [6.07, 6.45) is 6.65. The largest absolute Gasteiger partial charge is 0.380 e. The molecule has 1 N–H and O–H groups in total. The van der Waals surface area contributed by atoms with Gasteiger partial charge in [0.1, 0.15) is 0 Å². The third-order valence-electron chi connectivity index (χ3n) is 4.95. The quantitative estimate of drug-likeness (QED) is 0.830. The number of rotatable bonds is 4. The van der Waals surface area contributed by atoms with Crippen LogP contribution < -0.4 is 5.32 Å². The van der Waals surface area contributed by atoms with Crippen LogP contribution in [0.2, 0.25) is 10.0 Å². The summed E-state index contributed by atoms with van der Waals surface area (Å²) >= 11 is 12.2. The summed E-state index contributed by atoms with van der Waals surface area (Å²) < 4.78 is 5.94. The Kier molecular flexibility index (Phi) is 4.16. The minimum Gasteiger partial charge on any atom is -0.380 e. The molecule has 1 aromatic rings. The van der Waals surface area contributed by atoms with Crippen LogP contribution in [-0.2, 0) is 4.74 Å². The Labute approximate surface area is 130 Å². The van der Waals surface area contributed by atoms with Crippen molar-refractivity contribution in [1.29, 1.82) is 0 Å². The van der Waals surface area contributed by atoms with Gasteiger partial charge in [0.25, 0.3) is 0 Å². The molecule has 0 saturated heterocycles. The molecule has 0 bridgehead atoms. The second-order valence-corrected chi connectivity index (χ2v) is 6.78. The Morgan fingerprint density at radius 2 is 2.05 bits per heavy atom. The molecular formula is C16H21Cl2NO. The van der Waals surface area contributed by atoms with E-state index in [0.717, 1.165) is 18.7 Å². The Balaban J connectivity index is 1.74. The first-order valence-electron chi connectivity index (χ1n) is 7.49. The van der Waals surface area contributed by atoms with Crippen LogP contribution in [0.15, 0.2) is 18.2 Å². The molecule has 0 heterocycles. The highest BCUT2D eigenvalue weighted by molar-refractivity contribution is 6.36. The number of benzene rings is 1. The van der Waals surface area contributed by atoms with Gasteiger partial charge < -0.3 is 10.1 Å². The van der Waals surface area contributed by atoms with Crippen LogP contribution in [0.1, 0.15) is 39.0 Å². The molecule has 2 aliphatic carbocycles. The van der Waals surface area contributed by atoms with Crippen LogP contribution in [0, 0.1) is 5.41 Å². The maximum absolute atomic E-state index is 6.27. The zero-order valence-corrected chi connectivity index (χ0v) is 13.3. The molecule has 0 radical (unpaired) electrons. The minimum atomic E-state index is 0.318. The lowest BCUT2D eigenvalue weighted by Crippen LogP contribution is -2.60. The van der Waals surface area contributed by atoms with E-state index in [4.69, 9.17) is 27.9 Å². The normalized spacial score (nSPS) is 27.6. The predicted molar refractivity (Wildman–Crippen MR) is 84.8 cm³/mol.